The smallest absolute Gasteiger partial charge is 0.322 e. The van der Waals surface area contributed by atoms with Gasteiger partial charge in [-0.3, -0.25) is 14.4 Å². The summed E-state index contributed by atoms with van der Waals surface area (Å²) >= 11 is 0. The lowest BCUT2D eigenvalue weighted by molar-refractivity contribution is -0.137. The van der Waals surface area contributed by atoms with Crippen molar-refractivity contribution in [3.63, 3.8) is 0 Å². The molecule has 102 valence electrons. The molecule has 2 amide bonds. The monoisotopic (exact) mass is 264 g/mol. The highest BCUT2D eigenvalue weighted by Crippen LogP contribution is 2.08. The number of amides is 2. The van der Waals surface area contributed by atoms with E-state index in [1.54, 1.807) is 12.1 Å². The van der Waals surface area contributed by atoms with Gasteiger partial charge in [0.15, 0.2) is 0 Å². The molecule has 0 fully saturated rings. The van der Waals surface area contributed by atoms with Crippen LogP contribution < -0.4 is 10.6 Å². The highest BCUT2D eigenvalue weighted by molar-refractivity contribution is 5.97. The quantitative estimate of drug-likeness (QED) is 0.709. The summed E-state index contributed by atoms with van der Waals surface area (Å²) in [4.78, 5) is 33.2. The summed E-state index contributed by atoms with van der Waals surface area (Å²) in [5, 5.41) is 13.0. The zero-order chi connectivity index (χ0) is 14.4. The van der Waals surface area contributed by atoms with E-state index in [-0.39, 0.29) is 12.5 Å². The minimum absolute atomic E-state index is 0.251. The Morgan fingerprint density at radius 1 is 1.00 bits per heavy atom. The van der Waals surface area contributed by atoms with Crippen LogP contribution in [0.15, 0.2) is 18.2 Å². The molecule has 0 radical (unpaired) electrons. The van der Waals surface area contributed by atoms with Crippen molar-refractivity contribution in [3.8, 4) is 0 Å². The Hall–Kier alpha value is -2.37. The fraction of sp³-hybridized carbons (Fsp3) is 0.308. The molecule has 6 heteroatoms. The fourth-order valence-corrected chi connectivity index (χ4v) is 1.61. The van der Waals surface area contributed by atoms with Gasteiger partial charge in [-0.05, 0) is 26.0 Å². The molecule has 0 aliphatic heterocycles. The van der Waals surface area contributed by atoms with E-state index in [2.05, 4.69) is 10.6 Å². The standard InChI is InChI=1S/C13H16N2O4/c1-8-3-9(2)5-10(4-8)13(19)15-6-11(16)14-7-12(17)18/h3-5H,6-7H2,1-2H3,(H,14,16)(H,15,19)(H,17,18). The maximum absolute atomic E-state index is 11.8. The number of benzene rings is 1. The Morgan fingerprint density at radius 2 is 1.58 bits per heavy atom. The van der Waals surface area contributed by atoms with Gasteiger partial charge in [-0.1, -0.05) is 17.2 Å². The summed E-state index contributed by atoms with van der Waals surface area (Å²) in [7, 11) is 0. The molecule has 0 aliphatic carbocycles. The van der Waals surface area contributed by atoms with Crippen molar-refractivity contribution in [2.24, 2.45) is 0 Å². The van der Waals surface area contributed by atoms with Crippen LogP contribution in [0.3, 0.4) is 0 Å². The maximum Gasteiger partial charge on any atom is 0.322 e. The molecular formula is C13H16N2O4. The Morgan fingerprint density at radius 3 is 2.11 bits per heavy atom. The molecule has 0 bridgehead atoms. The number of carbonyl (C=O) groups is 3. The van der Waals surface area contributed by atoms with E-state index in [1.807, 2.05) is 19.9 Å². The first-order chi connectivity index (χ1) is 8.88. The molecule has 0 aliphatic rings. The minimum Gasteiger partial charge on any atom is -0.480 e. The second kappa shape index (κ2) is 6.53. The molecule has 19 heavy (non-hydrogen) atoms. The van der Waals surface area contributed by atoms with Gasteiger partial charge in [-0.2, -0.15) is 0 Å². The van der Waals surface area contributed by atoms with Crippen molar-refractivity contribution in [2.75, 3.05) is 13.1 Å². The van der Waals surface area contributed by atoms with Crippen molar-refractivity contribution in [1.82, 2.24) is 10.6 Å². The molecule has 0 atom stereocenters. The van der Waals surface area contributed by atoms with Crippen LogP contribution in [0.1, 0.15) is 21.5 Å². The number of hydrogen-bond donors (Lipinski definition) is 3. The average molecular weight is 264 g/mol. The van der Waals surface area contributed by atoms with Crippen molar-refractivity contribution >= 4 is 17.8 Å². The van der Waals surface area contributed by atoms with E-state index in [1.165, 1.54) is 0 Å². The molecule has 0 unspecified atom stereocenters. The number of carboxylic acid groups (broad SMARTS) is 1. The first-order valence-corrected chi connectivity index (χ1v) is 5.73. The van der Waals surface area contributed by atoms with Gasteiger partial charge in [-0.25, -0.2) is 0 Å². The molecule has 6 nitrogen and oxygen atoms in total. The maximum atomic E-state index is 11.8. The molecule has 0 heterocycles. The van der Waals surface area contributed by atoms with E-state index < -0.39 is 18.4 Å². The Balaban J connectivity index is 2.51. The lowest BCUT2D eigenvalue weighted by atomic mass is 10.1. The highest BCUT2D eigenvalue weighted by atomic mass is 16.4. The minimum atomic E-state index is -1.13. The number of rotatable bonds is 5. The SMILES string of the molecule is Cc1cc(C)cc(C(=O)NCC(=O)NCC(=O)O)c1. The third-order valence-corrected chi connectivity index (χ3v) is 2.33. The van der Waals surface area contributed by atoms with E-state index in [9.17, 15) is 14.4 Å². The van der Waals surface area contributed by atoms with E-state index in [0.29, 0.717) is 5.56 Å². The summed E-state index contributed by atoms with van der Waals surface area (Å²) in [6.45, 7) is 3.05. The molecule has 0 spiro atoms. The number of hydrogen-bond acceptors (Lipinski definition) is 3. The van der Waals surface area contributed by atoms with Crippen molar-refractivity contribution in [3.05, 3.63) is 34.9 Å². The molecule has 3 N–H and O–H groups in total. The molecular weight excluding hydrogens is 248 g/mol. The number of carboxylic acids is 1. The predicted molar refractivity (Wildman–Crippen MR) is 68.9 cm³/mol. The van der Waals surface area contributed by atoms with Crippen molar-refractivity contribution in [2.45, 2.75) is 13.8 Å². The Bertz CT molecular complexity index is 491. The average Bonchev–Trinajstić information content (AvgIpc) is 2.32. The number of aliphatic carboxylic acids is 1. The van der Waals surface area contributed by atoms with Gasteiger partial charge >= 0.3 is 5.97 Å². The first-order valence-electron chi connectivity index (χ1n) is 5.73. The Labute approximate surface area is 110 Å². The van der Waals surface area contributed by atoms with Gasteiger partial charge < -0.3 is 15.7 Å². The highest BCUT2D eigenvalue weighted by Gasteiger charge is 2.09. The van der Waals surface area contributed by atoms with Gasteiger partial charge in [0.05, 0.1) is 6.54 Å². The lowest BCUT2D eigenvalue weighted by Gasteiger charge is -2.07. The number of aryl methyl sites for hydroxylation is 2. The van der Waals surface area contributed by atoms with Crippen LogP contribution in [0, 0.1) is 13.8 Å². The third-order valence-electron chi connectivity index (χ3n) is 2.33. The second-order valence-electron chi connectivity index (χ2n) is 4.23. The zero-order valence-corrected chi connectivity index (χ0v) is 10.8. The summed E-state index contributed by atoms with van der Waals surface area (Å²) in [5.41, 5.74) is 2.39. The lowest BCUT2D eigenvalue weighted by Crippen LogP contribution is -2.39. The molecule has 1 aromatic carbocycles. The van der Waals surface area contributed by atoms with Crippen molar-refractivity contribution in [1.29, 1.82) is 0 Å². The topological polar surface area (TPSA) is 95.5 Å². The summed E-state index contributed by atoms with van der Waals surface area (Å²) < 4.78 is 0. The molecule has 0 saturated carbocycles. The van der Waals surface area contributed by atoms with E-state index >= 15 is 0 Å². The van der Waals surface area contributed by atoms with Crippen LogP contribution in [0.2, 0.25) is 0 Å². The number of nitrogens with one attached hydrogen (secondary N) is 2. The molecule has 1 aromatic rings. The normalized spacial score (nSPS) is 9.79. The zero-order valence-electron chi connectivity index (χ0n) is 10.8. The van der Waals surface area contributed by atoms with E-state index in [0.717, 1.165) is 11.1 Å². The number of carbonyl (C=O) groups excluding carboxylic acids is 2. The van der Waals surface area contributed by atoms with Gasteiger partial charge in [0.2, 0.25) is 5.91 Å². The summed E-state index contributed by atoms with van der Waals surface area (Å²) in [6.07, 6.45) is 0. The van der Waals surface area contributed by atoms with Crippen LogP contribution in [0.4, 0.5) is 0 Å². The predicted octanol–water partition coefficient (Wildman–Crippen LogP) is 0.234. The van der Waals surface area contributed by atoms with Crippen LogP contribution >= 0.6 is 0 Å². The van der Waals surface area contributed by atoms with Crippen LogP contribution in [0.5, 0.6) is 0 Å². The second-order valence-corrected chi connectivity index (χ2v) is 4.23. The third kappa shape index (κ3) is 5.20. The fourth-order valence-electron chi connectivity index (χ4n) is 1.61. The first kappa shape index (κ1) is 14.7. The van der Waals surface area contributed by atoms with Gasteiger partial charge in [0.1, 0.15) is 6.54 Å². The van der Waals surface area contributed by atoms with E-state index in [4.69, 9.17) is 5.11 Å². The van der Waals surface area contributed by atoms with Crippen LogP contribution in [-0.2, 0) is 9.59 Å². The van der Waals surface area contributed by atoms with Gasteiger partial charge in [0.25, 0.3) is 5.91 Å². The molecule has 0 saturated heterocycles. The molecule has 0 aromatic heterocycles. The van der Waals surface area contributed by atoms with Gasteiger partial charge in [-0.15, -0.1) is 0 Å². The Kier molecular flexibility index (Phi) is 5.05. The van der Waals surface area contributed by atoms with Gasteiger partial charge in [0, 0.05) is 5.56 Å². The largest absolute Gasteiger partial charge is 0.480 e. The van der Waals surface area contributed by atoms with Crippen LogP contribution in [0.25, 0.3) is 0 Å². The van der Waals surface area contributed by atoms with Crippen LogP contribution in [-0.4, -0.2) is 36.0 Å². The summed E-state index contributed by atoms with van der Waals surface area (Å²) in [5.74, 6) is -2.04. The van der Waals surface area contributed by atoms with Crippen molar-refractivity contribution < 1.29 is 19.5 Å². The molecule has 1 rings (SSSR count). The summed E-state index contributed by atoms with van der Waals surface area (Å²) in [6, 6.07) is 5.38.